The van der Waals surface area contributed by atoms with E-state index in [1.807, 2.05) is 37.9 Å². The Balaban J connectivity index is 2.04. The van der Waals surface area contributed by atoms with Gasteiger partial charge in [-0.2, -0.15) is 0 Å². The Morgan fingerprint density at radius 3 is 2.80 bits per heavy atom. The number of rotatable bonds is 6. The third kappa shape index (κ3) is 4.72. The van der Waals surface area contributed by atoms with Crippen LogP contribution < -0.4 is 10.5 Å². The topological polar surface area (TPSA) is 75.9 Å². The molecule has 1 heterocycles. The quantitative estimate of drug-likeness (QED) is 0.847. The summed E-state index contributed by atoms with van der Waals surface area (Å²) in [6.45, 7) is 5.67. The Hall–Kier alpha value is -2.08. The van der Waals surface area contributed by atoms with Crippen LogP contribution in [0, 0.1) is 12.8 Å². The zero-order chi connectivity index (χ0) is 18.6. The second kappa shape index (κ2) is 8.34. The minimum Gasteiger partial charge on any atom is -0.496 e. The number of carbonyl (C=O) groups is 2. The van der Waals surface area contributed by atoms with E-state index in [1.165, 1.54) is 0 Å². The van der Waals surface area contributed by atoms with Gasteiger partial charge in [0.2, 0.25) is 11.8 Å². The van der Waals surface area contributed by atoms with E-state index in [2.05, 4.69) is 6.07 Å². The molecule has 1 aliphatic rings. The number of ether oxygens (including phenoxy) is 1. The van der Waals surface area contributed by atoms with Gasteiger partial charge in [0.15, 0.2) is 0 Å². The molecule has 0 aromatic heterocycles. The molecule has 0 spiro atoms. The van der Waals surface area contributed by atoms with Crippen molar-refractivity contribution in [1.29, 1.82) is 0 Å². The van der Waals surface area contributed by atoms with Gasteiger partial charge in [-0.3, -0.25) is 14.5 Å². The molecular weight excluding hydrogens is 318 g/mol. The zero-order valence-electron chi connectivity index (χ0n) is 15.6. The number of nitrogens with two attached hydrogens (primary N) is 1. The Kier molecular flexibility index (Phi) is 6.42. The van der Waals surface area contributed by atoms with Gasteiger partial charge in [-0.1, -0.05) is 17.7 Å². The maximum Gasteiger partial charge on any atom is 0.239 e. The lowest BCUT2D eigenvalue weighted by Crippen LogP contribution is -2.50. The lowest BCUT2D eigenvalue weighted by Gasteiger charge is -2.35. The number of methoxy groups -OCH3 is 1. The van der Waals surface area contributed by atoms with E-state index in [1.54, 1.807) is 12.0 Å². The molecule has 0 radical (unpaired) electrons. The summed E-state index contributed by atoms with van der Waals surface area (Å²) in [5, 5.41) is 0. The van der Waals surface area contributed by atoms with Crippen molar-refractivity contribution in [3.63, 3.8) is 0 Å². The average molecular weight is 347 g/mol. The van der Waals surface area contributed by atoms with Crippen molar-refractivity contribution in [2.45, 2.75) is 39.3 Å². The number of likely N-dealkylation sites (N-methyl/N-ethyl adjacent to an activating group) is 1. The number of benzene rings is 1. The Morgan fingerprint density at radius 2 is 2.16 bits per heavy atom. The number of amides is 2. The zero-order valence-corrected chi connectivity index (χ0v) is 15.6. The van der Waals surface area contributed by atoms with Crippen molar-refractivity contribution in [1.82, 2.24) is 9.80 Å². The molecule has 1 aliphatic heterocycles. The fourth-order valence-corrected chi connectivity index (χ4v) is 3.30. The summed E-state index contributed by atoms with van der Waals surface area (Å²) in [6.07, 6.45) is 1.59. The van der Waals surface area contributed by atoms with Crippen LogP contribution in [-0.2, 0) is 16.1 Å². The monoisotopic (exact) mass is 347 g/mol. The highest BCUT2D eigenvalue weighted by molar-refractivity contribution is 5.83. The minimum absolute atomic E-state index is 0.0417. The first-order valence-electron chi connectivity index (χ1n) is 8.75. The normalized spacial score (nSPS) is 18.9. The third-order valence-corrected chi connectivity index (χ3v) is 5.01. The Labute approximate surface area is 149 Å². The lowest BCUT2D eigenvalue weighted by molar-refractivity contribution is -0.139. The van der Waals surface area contributed by atoms with Crippen molar-refractivity contribution >= 4 is 11.8 Å². The van der Waals surface area contributed by atoms with Gasteiger partial charge < -0.3 is 15.4 Å². The molecule has 2 N–H and O–H groups in total. The van der Waals surface area contributed by atoms with E-state index in [0.29, 0.717) is 19.6 Å². The van der Waals surface area contributed by atoms with Crippen LogP contribution in [0.1, 0.15) is 30.9 Å². The molecule has 0 aliphatic carbocycles. The molecule has 1 saturated heterocycles. The molecule has 2 atom stereocenters. The lowest BCUT2D eigenvalue weighted by atomic mass is 9.97. The maximum absolute atomic E-state index is 12.8. The Bertz CT molecular complexity index is 632. The standard InChI is InChI=1S/C19H29N3O3/c1-13-7-8-17(25-4)16(10-13)11-21(3)14(2)19(24)22-9-5-6-15(12-22)18(20)23/h7-8,10,14-15H,5-6,9,11-12H2,1-4H3,(H2,20,23)/t14-,15-/m0/s1. The number of nitrogens with zero attached hydrogens (tertiary/aromatic N) is 2. The summed E-state index contributed by atoms with van der Waals surface area (Å²) < 4.78 is 5.42. The molecule has 2 rings (SSSR count). The van der Waals surface area contributed by atoms with Gasteiger partial charge in [0, 0.05) is 25.2 Å². The van der Waals surface area contributed by atoms with Crippen LogP contribution >= 0.6 is 0 Å². The molecule has 6 heteroatoms. The predicted molar refractivity (Wildman–Crippen MR) is 97.2 cm³/mol. The van der Waals surface area contributed by atoms with Gasteiger partial charge in [-0.15, -0.1) is 0 Å². The largest absolute Gasteiger partial charge is 0.496 e. The Morgan fingerprint density at radius 1 is 1.44 bits per heavy atom. The maximum atomic E-state index is 12.8. The van der Waals surface area contributed by atoms with Crippen molar-refractivity contribution in [2.75, 3.05) is 27.2 Å². The molecule has 138 valence electrons. The number of hydrogen-bond donors (Lipinski definition) is 1. The van der Waals surface area contributed by atoms with Crippen molar-refractivity contribution in [2.24, 2.45) is 11.7 Å². The number of hydrogen-bond acceptors (Lipinski definition) is 4. The summed E-state index contributed by atoms with van der Waals surface area (Å²) in [5.41, 5.74) is 7.62. The van der Waals surface area contributed by atoms with E-state index < -0.39 is 0 Å². The van der Waals surface area contributed by atoms with Crippen molar-refractivity contribution in [3.05, 3.63) is 29.3 Å². The third-order valence-electron chi connectivity index (χ3n) is 5.01. The molecule has 0 bridgehead atoms. The fourth-order valence-electron chi connectivity index (χ4n) is 3.30. The second-order valence-corrected chi connectivity index (χ2v) is 6.93. The van der Waals surface area contributed by atoms with Gasteiger partial charge >= 0.3 is 0 Å². The van der Waals surface area contributed by atoms with Crippen LogP contribution in [-0.4, -0.2) is 54.9 Å². The predicted octanol–water partition coefficient (Wildman–Crippen LogP) is 1.55. The van der Waals surface area contributed by atoms with E-state index in [4.69, 9.17) is 10.5 Å². The van der Waals surface area contributed by atoms with Crippen LogP contribution in [0.25, 0.3) is 0 Å². The van der Waals surface area contributed by atoms with E-state index in [0.717, 1.165) is 29.7 Å². The van der Waals surface area contributed by atoms with Gasteiger partial charge in [-0.25, -0.2) is 0 Å². The number of carbonyl (C=O) groups excluding carboxylic acids is 2. The molecule has 2 amide bonds. The number of piperidine rings is 1. The summed E-state index contributed by atoms with van der Waals surface area (Å²) in [6, 6.07) is 5.76. The van der Waals surface area contributed by atoms with Crippen molar-refractivity contribution in [3.8, 4) is 5.75 Å². The summed E-state index contributed by atoms with van der Waals surface area (Å²) in [7, 11) is 3.58. The van der Waals surface area contributed by atoms with Gasteiger partial charge in [0.05, 0.1) is 19.1 Å². The SMILES string of the molecule is COc1ccc(C)cc1CN(C)[C@@H](C)C(=O)N1CCC[C@H](C(N)=O)C1. The molecular formula is C19H29N3O3. The van der Waals surface area contributed by atoms with Crippen LogP contribution in [0.3, 0.4) is 0 Å². The van der Waals surface area contributed by atoms with E-state index in [-0.39, 0.29) is 23.8 Å². The van der Waals surface area contributed by atoms with Gasteiger partial charge in [0.25, 0.3) is 0 Å². The van der Waals surface area contributed by atoms with Gasteiger partial charge in [0.1, 0.15) is 5.75 Å². The van der Waals surface area contributed by atoms with Gasteiger partial charge in [-0.05, 0) is 39.8 Å². The summed E-state index contributed by atoms with van der Waals surface area (Å²) in [4.78, 5) is 28.0. The van der Waals surface area contributed by atoms with Crippen molar-refractivity contribution < 1.29 is 14.3 Å². The minimum atomic E-state index is -0.317. The smallest absolute Gasteiger partial charge is 0.239 e. The van der Waals surface area contributed by atoms with E-state index in [9.17, 15) is 9.59 Å². The molecule has 0 saturated carbocycles. The highest BCUT2D eigenvalue weighted by atomic mass is 16.5. The second-order valence-electron chi connectivity index (χ2n) is 6.93. The number of primary amides is 1. The molecule has 1 fully saturated rings. The molecule has 1 aromatic rings. The molecule has 6 nitrogen and oxygen atoms in total. The van der Waals surface area contributed by atoms with Crippen LogP contribution in [0.4, 0.5) is 0 Å². The highest BCUT2D eigenvalue weighted by Gasteiger charge is 2.30. The van der Waals surface area contributed by atoms with Crippen LogP contribution in [0.2, 0.25) is 0 Å². The summed E-state index contributed by atoms with van der Waals surface area (Å²) in [5.74, 6) is 0.319. The average Bonchev–Trinajstić information content (AvgIpc) is 2.60. The summed E-state index contributed by atoms with van der Waals surface area (Å²) >= 11 is 0. The number of likely N-dealkylation sites (tertiary alicyclic amines) is 1. The highest BCUT2D eigenvalue weighted by Crippen LogP contribution is 2.23. The first-order chi connectivity index (χ1) is 11.8. The fraction of sp³-hybridized carbons (Fsp3) is 0.579. The first kappa shape index (κ1) is 19.2. The molecule has 1 aromatic carbocycles. The molecule has 25 heavy (non-hydrogen) atoms. The number of aryl methyl sites for hydroxylation is 1. The van der Waals surface area contributed by atoms with Crippen LogP contribution in [0.5, 0.6) is 5.75 Å². The molecule has 0 unspecified atom stereocenters. The van der Waals surface area contributed by atoms with Crippen LogP contribution in [0.15, 0.2) is 18.2 Å². The first-order valence-corrected chi connectivity index (χ1v) is 8.75. The van der Waals surface area contributed by atoms with E-state index >= 15 is 0 Å².